The lowest BCUT2D eigenvalue weighted by molar-refractivity contribution is -0.154. The van der Waals surface area contributed by atoms with Crippen LogP contribution < -0.4 is 0 Å². The number of ether oxygens (including phenoxy) is 5. The van der Waals surface area contributed by atoms with Crippen LogP contribution >= 0.6 is 0 Å². The Morgan fingerprint density at radius 3 is 1.22 bits per heavy atom. The summed E-state index contributed by atoms with van der Waals surface area (Å²) in [4.78, 5) is 51.2. The van der Waals surface area contributed by atoms with E-state index < -0.39 is 0 Å². The van der Waals surface area contributed by atoms with Gasteiger partial charge in [0.1, 0.15) is 17.3 Å². The van der Waals surface area contributed by atoms with Gasteiger partial charge in [-0.3, -0.25) is 24.0 Å². The zero-order chi connectivity index (χ0) is 33.4. The van der Waals surface area contributed by atoms with Crippen LogP contribution in [0.15, 0.2) is 0 Å². The van der Waals surface area contributed by atoms with Crippen molar-refractivity contribution in [2.24, 2.45) is 0 Å². The Bertz CT molecular complexity index is 730. The molecule has 0 aromatic carbocycles. The van der Waals surface area contributed by atoms with E-state index in [0.717, 1.165) is 25.7 Å². The molecule has 0 aromatic rings. The van der Waals surface area contributed by atoms with Gasteiger partial charge in [-0.25, -0.2) is 0 Å². The first-order valence-electron chi connectivity index (χ1n) is 14.4. The van der Waals surface area contributed by atoms with E-state index >= 15 is 0 Å². The second-order valence-electron chi connectivity index (χ2n) is 11.4. The van der Waals surface area contributed by atoms with Crippen LogP contribution in [-0.2, 0) is 47.7 Å². The highest BCUT2D eigenvalue weighted by Crippen LogP contribution is 2.20. The molecule has 1 fully saturated rings. The largest absolute Gasteiger partial charge is 0.463 e. The first-order chi connectivity index (χ1) is 18.5. The van der Waals surface area contributed by atoms with Crippen LogP contribution in [0.3, 0.4) is 0 Å². The quantitative estimate of drug-likeness (QED) is 0.237. The molecule has 244 valence electrons. The predicted octanol–water partition coefficient (Wildman–Crippen LogP) is 6.88. The van der Waals surface area contributed by atoms with Crippen LogP contribution in [0.5, 0.6) is 0 Å². The van der Waals surface area contributed by atoms with E-state index in [0.29, 0.717) is 0 Å². The lowest BCUT2D eigenvalue weighted by Gasteiger charge is -2.21. The summed E-state index contributed by atoms with van der Waals surface area (Å²) in [6.45, 7) is 25.9. The molecule has 0 amide bonds. The fraction of sp³-hybridized carbons (Fsp3) is 0.839. The molecule has 0 heterocycles. The van der Waals surface area contributed by atoms with Crippen LogP contribution in [0.4, 0.5) is 0 Å². The molecule has 1 rings (SSSR count). The van der Waals surface area contributed by atoms with E-state index in [2.05, 4.69) is 4.74 Å². The fourth-order valence-electron chi connectivity index (χ4n) is 2.83. The average Bonchev–Trinajstić information content (AvgIpc) is 3.23. The summed E-state index contributed by atoms with van der Waals surface area (Å²) in [5.41, 5.74) is -0.613. The van der Waals surface area contributed by atoms with E-state index in [-0.39, 0.29) is 59.4 Å². The van der Waals surface area contributed by atoms with E-state index in [9.17, 15) is 24.0 Å². The second kappa shape index (κ2) is 25.1. The molecular weight excluding hydrogens is 532 g/mol. The molecule has 10 nitrogen and oxygen atoms in total. The SMILES string of the molecule is CC(=O)OC(C)(C)C.CC(=O)OC(C)C.CC(=O)OC1CCCC1.CCC(C)(C)OC(C)=O.CCC(C)OC(C)=O. The zero-order valence-electron chi connectivity index (χ0n) is 28.6. The summed E-state index contributed by atoms with van der Waals surface area (Å²) in [5, 5.41) is 0. The Morgan fingerprint density at radius 1 is 0.659 bits per heavy atom. The normalized spacial score (nSPS) is 13.1. The first kappa shape index (κ1) is 45.3. The van der Waals surface area contributed by atoms with E-state index in [4.69, 9.17) is 18.9 Å². The minimum atomic E-state index is -0.328. The number of carbonyl (C=O) groups is 5. The third-order valence-corrected chi connectivity index (χ3v) is 4.70. The molecule has 10 heteroatoms. The lowest BCUT2D eigenvalue weighted by atomic mass is 10.1. The Balaban J connectivity index is -0.000000209. The van der Waals surface area contributed by atoms with E-state index in [1.54, 1.807) is 0 Å². The standard InChI is InChI=1S/C7H12O2.C7H14O2.2C6H12O2.C5H10O2/c1-6(8)9-7-4-2-3-5-7;1-5-7(3,4)9-6(2)8;1-5(7)8-6(2,3)4;1-4-5(2)8-6(3)7;1-4(2)7-5(3)6/h7H,2-5H2,1H3;5H2,1-4H3;1-4H3;5H,4H2,1-3H3;4H,1-3H3. The molecule has 41 heavy (non-hydrogen) atoms. The molecule has 0 radical (unpaired) electrons. The Morgan fingerprint density at radius 2 is 1.07 bits per heavy atom. The van der Waals surface area contributed by atoms with Gasteiger partial charge in [0.25, 0.3) is 0 Å². The highest BCUT2D eigenvalue weighted by atomic mass is 16.6. The maximum absolute atomic E-state index is 10.4. The van der Waals surface area contributed by atoms with Gasteiger partial charge in [-0.15, -0.1) is 0 Å². The predicted molar refractivity (Wildman–Crippen MR) is 160 cm³/mol. The van der Waals surface area contributed by atoms with Crippen LogP contribution in [-0.4, -0.2) is 59.4 Å². The molecule has 0 bridgehead atoms. The Kier molecular flexibility index (Phi) is 27.7. The smallest absolute Gasteiger partial charge is 0.303 e. The highest BCUT2D eigenvalue weighted by Gasteiger charge is 2.17. The van der Waals surface area contributed by atoms with Gasteiger partial charge in [0.05, 0.1) is 12.2 Å². The van der Waals surface area contributed by atoms with Crippen molar-refractivity contribution in [1.82, 2.24) is 0 Å². The number of rotatable bonds is 6. The van der Waals surface area contributed by atoms with Crippen molar-refractivity contribution in [2.45, 2.75) is 172 Å². The molecular formula is C31H60O10. The van der Waals surface area contributed by atoms with E-state index in [1.165, 1.54) is 47.5 Å². The van der Waals surface area contributed by atoms with Gasteiger partial charge in [0.2, 0.25) is 0 Å². The van der Waals surface area contributed by atoms with Crippen LogP contribution in [0, 0.1) is 0 Å². The summed E-state index contributed by atoms with van der Waals surface area (Å²) in [5.74, 6) is -0.976. The fourth-order valence-corrected chi connectivity index (χ4v) is 2.83. The van der Waals surface area contributed by atoms with Crippen molar-refractivity contribution in [3.8, 4) is 0 Å². The molecule has 0 aromatic heterocycles. The summed E-state index contributed by atoms with van der Waals surface area (Å²) in [7, 11) is 0. The average molecular weight is 593 g/mol. The zero-order valence-corrected chi connectivity index (χ0v) is 28.6. The topological polar surface area (TPSA) is 132 Å². The molecule has 0 spiro atoms. The van der Waals surface area contributed by atoms with Crippen molar-refractivity contribution in [1.29, 1.82) is 0 Å². The molecule has 1 aliphatic rings. The maximum Gasteiger partial charge on any atom is 0.303 e. The van der Waals surface area contributed by atoms with Gasteiger partial charge in [0, 0.05) is 34.6 Å². The number of hydrogen-bond donors (Lipinski definition) is 0. The number of carbonyl (C=O) groups excluding carboxylic acids is 5. The summed E-state index contributed by atoms with van der Waals surface area (Å²) in [6.07, 6.45) is 6.66. The third kappa shape index (κ3) is 47.5. The second-order valence-corrected chi connectivity index (χ2v) is 11.4. The summed E-state index contributed by atoms with van der Waals surface area (Å²) in [6, 6.07) is 0. The maximum atomic E-state index is 10.4. The molecule has 0 N–H and O–H groups in total. The number of hydrogen-bond acceptors (Lipinski definition) is 10. The third-order valence-electron chi connectivity index (χ3n) is 4.70. The van der Waals surface area contributed by atoms with Crippen molar-refractivity contribution >= 4 is 29.8 Å². The molecule has 1 aliphatic carbocycles. The van der Waals surface area contributed by atoms with Crippen molar-refractivity contribution < 1.29 is 47.7 Å². The molecule has 0 saturated heterocycles. The minimum absolute atomic E-state index is 0.0255. The van der Waals surface area contributed by atoms with Gasteiger partial charge < -0.3 is 23.7 Å². The summed E-state index contributed by atoms with van der Waals surface area (Å²) < 4.78 is 24.1. The molecule has 1 saturated carbocycles. The molecule has 1 unspecified atom stereocenters. The number of esters is 5. The van der Waals surface area contributed by atoms with Crippen LogP contribution in [0.25, 0.3) is 0 Å². The molecule has 1 atom stereocenters. The van der Waals surface area contributed by atoms with E-state index in [1.807, 2.05) is 69.2 Å². The van der Waals surface area contributed by atoms with Crippen molar-refractivity contribution in [3.05, 3.63) is 0 Å². The van der Waals surface area contributed by atoms with Crippen LogP contribution in [0.2, 0.25) is 0 Å². The Labute approximate surface area is 249 Å². The van der Waals surface area contributed by atoms with Gasteiger partial charge in [-0.05, 0) is 93.9 Å². The molecule has 0 aliphatic heterocycles. The lowest BCUT2D eigenvalue weighted by Crippen LogP contribution is -2.25. The van der Waals surface area contributed by atoms with Crippen molar-refractivity contribution in [2.75, 3.05) is 0 Å². The monoisotopic (exact) mass is 592 g/mol. The van der Waals surface area contributed by atoms with Gasteiger partial charge in [0.15, 0.2) is 0 Å². The Hall–Kier alpha value is -2.65. The highest BCUT2D eigenvalue weighted by molar-refractivity contribution is 5.67. The summed E-state index contributed by atoms with van der Waals surface area (Å²) >= 11 is 0. The minimum Gasteiger partial charge on any atom is -0.463 e. The first-order valence-corrected chi connectivity index (χ1v) is 14.4. The van der Waals surface area contributed by atoms with Gasteiger partial charge in [-0.1, -0.05) is 13.8 Å². The van der Waals surface area contributed by atoms with Crippen LogP contribution in [0.1, 0.15) is 142 Å². The van der Waals surface area contributed by atoms with Gasteiger partial charge >= 0.3 is 29.8 Å². The van der Waals surface area contributed by atoms with Crippen molar-refractivity contribution in [3.63, 3.8) is 0 Å². The van der Waals surface area contributed by atoms with Gasteiger partial charge in [-0.2, -0.15) is 0 Å².